The van der Waals surface area contributed by atoms with Crippen LogP contribution < -0.4 is 0 Å². The number of carbonyl (C=O) groups excluding carboxylic acids is 2. The Morgan fingerprint density at radius 2 is 1.14 bits per heavy atom. The first-order valence-electron chi connectivity index (χ1n) is 7.41. The molecule has 7 heteroatoms. The maximum atomic E-state index is 11.9. The van der Waals surface area contributed by atoms with E-state index < -0.39 is 17.4 Å². The molecule has 0 heterocycles. The van der Waals surface area contributed by atoms with Crippen molar-refractivity contribution in [3.8, 4) is 0 Å². The third-order valence-electron chi connectivity index (χ3n) is 2.34. The van der Waals surface area contributed by atoms with Crippen LogP contribution >= 0.6 is 0 Å². The predicted molar refractivity (Wildman–Crippen MR) is 75.3 cm³/mol. The van der Waals surface area contributed by atoms with Gasteiger partial charge in [-0.25, -0.2) is 0 Å². The number of rotatable bonds is 10. The second kappa shape index (κ2) is 10.3. The van der Waals surface area contributed by atoms with Gasteiger partial charge in [-0.2, -0.15) is 0 Å². The second-order valence-electron chi connectivity index (χ2n) is 5.21. The molecule has 0 N–H and O–H groups in total. The average molecular weight is 340 g/mol. The van der Waals surface area contributed by atoms with Crippen molar-refractivity contribution in [2.45, 2.75) is 63.2 Å². The molecule has 0 bridgehead atoms. The van der Waals surface area contributed by atoms with Crippen molar-refractivity contribution >= 4 is 11.9 Å². The third kappa shape index (κ3) is 9.24. The van der Waals surface area contributed by atoms with Crippen LogP contribution in [0.25, 0.3) is 0 Å². The Morgan fingerprint density at radius 1 is 0.810 bits per heavy atom. The molecule has 0 saturated heterocycles. The minimum absolute atomic E-state index is 0.0308. The van der Waals surface area contributed by atoms with E-state index in [1.165, 1.54) is 0 Å². The summed E-state index contributed by atoms with van der Waals surface area (Å²) >= 11 is -3.67. The van der Waals surface area contributed by atoms with Crippen molar-refractivity contribution in [1.82, 2.24) is 0 Å². The van der Waals surface area contributed by atoms with Gasteiger partial charge in [0, 0.05) is 0 Å². The third-order valence-corrected chi connectivity index (χ3v) is 7.74. The zero-order valence-electron chi connectivity index (χ0n) is 13.9. The summed E-state index contributed by atoms with van der Waals surface area (Å²) < 4.78 is 22.0. The summed E-state index contributed by atoms with van der Waals surface area (Å²) in [6.45, 7) is 11.5. The molecule has 0 amide bonds. The average Bonchev–Trinajstić information content (AvgIpc) is 2.26. The van der Waals surface area contributed by atoms with Crippen molar-refractivity contribution < 1.29 is 43.1 Å². The van der Waals surface area contributed by atoms with E-state index in [9.17, 15) is 9.59 Å². The van der Waals surface area contributed by atoms with Gasteiger partial charge in [0.15, 0.2) is 0 Å². The van der Waals surface area contributed by atoms with Crippen LogP contribution in [0.3, 0.4) is 0 Å². The van der Waals surface area contributed by atoms with Crippen molar-refractivity contribution in [3.05, 3.63) is 0 Å². The molecule has 0 rings (SSSR count). The Kier molecular flexibility index (Phi) is 10.1. The zero-order valence-corrected chi connectivity index (χ0v) is 15.5. The quantitative estimate of drug-likeness (QED) is 0.450. The molecule has 6 nitrogen and oxygen atoms in total. The molecule has 0 aliphatic heterocycles. The maximum absolute atomic E-state index is 11.9. The monoisotopic (exact) mass is 340 g/mol. The van der Waals surface area contributed by atoms with Crippen molar-refractivity contribution in [1.29, 1.82) is 0 Å². The van der Waals surface area contributed by atoms with Crippen molar-refractivity contribution in [2.75, 3.05) is 13.2 Å². The van der Waals surface area contributed by atoms with Crippen LogP contribution in [0.1, 0.15) is 41.5 Å². The van der Waals surface area contributed by atoms with E-state index in [2.05, 4.69) is 0 Å². The topological polar surface area (TPSA) is 71.1 Å². The molecule has 21 heavy (non-hydrogen) atoms. The van der Waals surface area contributed by atoms with Crippen LogP contribution in [0.5, 0.6) is 0 Å². The molecular formula is C14H28O6Ti. The van der Waals surface area contributed by atoms with Gasteiger partial charge in [0.2, 0.25) is 0 Å². The van der Waals surface area contributed by atoms with Gasteiger partial charge in [-0.3, -0.25) is 0 Å². The van der Waals surface area contributed by atoms with Crippen LogP contribution in [-0.2, 0) is 43.1 Å². The molecule has 0 saturated carbocycles. The molecule has 124 valence electrons. The number of hydrogen-bond acceptors (Lipinski definition) is 6. The van der Waals surface area contributed by atoms with Gasteiger partial charge < -0.3 is 0 Å². The normalized spacial score (nSPS) is 11.8. The van der Waals surface area contributed by atoms with E-state index in [1.54, 1.807) is 13.8 Å². The molecule has 0 aromatic carbocycles. The number of hydrogen-bond donors (Lipinski definition) is 0. The van der Waals surface area contributed by atoms with Crippen molar-refractivity contribution in [2.24, 2.45) is 0 Å². The summed E-state index contributed by atoms with van der Waals surface area (Å²) in [5.41, 5.74) is 0. The summed E-state index contributed by atoms with van der Waals surface area (Å²) in [5, 5.41) is 0. The Labute approximate surface area is 131 Å². The van der Waals surface area contributed by atoms with E-state index in [4.69, 9.17) is 16.1 Å². The van der Waals surface area contributed by atoms with Gasteiger partial charge in [0.1, 0.15) is 0 Å². The summed E-state index contributed by atoms with van der Waals surface area (Å²) in [7, 11) is 0. The fourth-order valence-electron chi connectivity index (χ4n) is 1.98. The fraction of sp³-hybridized carbons (Fsp3) is 0.857. The number of esters is 2. The van der Waals surface area contributed by atoms with Crippen LogP contribution in [0.4, 0.5) is 0 Å². The van der Waals surface area contributed by atoms with Gasteiger partial charge in [-0.05, 0) is 0 Å². The van der Waals surface area contributed by atoms with E-state index in [1.807, 2.05) is 27.7 Å². The number of carbonyl (C=O) groups is 2. The summed E-state index contributed by atoms with van der Waals surface area (Å²) in [6, 6.07) is 0. The van der Waals surface area contributed by atoms with Gasteiger partial charge in [-0.15, -0.1) is 0 Å². The molecular weight excluding hydrogens is 312 g/mol. The Morgan fingerprint density at radius 3 is 1.38 bits per heavy atom. The molecule has 0 spiro atoms. The van der Waals surface area contributed by atoms with Gasteiger partial charge >= 0.3 is 131 Å². The van der Waals surface area contributed by atoms with Gasteiger partial charge in [0.25, 0.3) is 0 Å². The van der Waals surface area contributed by atoms with Crippen LogP contribution in [0.2, 0.25) is 9.45 Å². The molecule has 0 aliphatic rings. The molecule has 0 aliphatic carbocycles. The standard InChI is InChI=1S/2C4H7O2.2C3H7O.Ti/c2*1-3-6-4(2)5;2*1-3(2)4;/h2*2-3H2,1H3;2*3H,1-2H3;/q;;2*-1;+2. The number of ether oxygens (including phenoxy) is 2. The molecule has 0 fully saturated rings. The summed E-state index contributed by atoms with van der Waals surface area (Å²) in [4.78, 5) is 23.7. The Hall–Kier alpha value is -0.426. The first-order valence-corrected chi connectivity index (χ1v) is 10.9. The first-order chi connectivity index (χ1) is 9.74. The summed E-state index contributed by atoms with van der Waals surface area (Å²) in [5.74, 6) is -0.772. The van der Waals surface area contributed by atoms with E-state index in [-0.39, 0.29) is 33.6 Å². The van der Waals surface area contributed by atoms with Crippen LogP contribution in [-0.4, -0.2) is 37.4 Å². The molecule has 0 unspecified atom stereocenters. The van der Waals surface area contributed by atoms with E-state index >= 15 is 0 Å². The first kappa shape index (κ1) is 20.6. The predicted octanol–water partition coefficient (Wildman–Crippen LogP) is 2.78. The van der Waals surface area contributed by atoms with E-state index in [0.717, 1.165) is 0 Å². The molecule has 0 radical (unpaired) electrons. The fourth-order valence-corrected chi connectivity index (χ4v) is 7.16. The zero-order chi connectivity index (χ0) is 16.5. The second-order valence-corrected chi connectivity index (χ2v) is 9.89. The molecule has 0 aromatic rings. The molecule has 0 atom stereocenters. The summed E-state index contributed by atoms with van der Waals surface area (Å²) in [6.07, 6.45) is -0.264. The Bertz CT molecular complexity index is 297. The van der Waals surface area contributed by atoms with Gasteiger partial charge in [0.05, 0.1) is 0 Å². The minimum atomic E-state index is -3.67. The van der Waals surface area contributed by atoms with Crippen molar-refractivity contribution in [3.63, 3.8) is 0 Å². The van der Waals surface area contributed by atoms with Crippen LogP contribution in [0, 0.1) is 0 Å². The molecule has 0 aromatic heterocycles. The van der Waals surface area contributed by atoms with Gasteiger partial charge in [-0.1, -0.05) is 0 Å². The van der Waals surface area contributed by atoms with Crippen LogP contribution in [0.15, 0.2) is 0 Å². The SMILES string of the molecule is CCOC(=O)[CH2][Ti]([CH2]C(=O)OCC)([O]C(C)C)[O]C(C)C. The Balaban J connectivity index is 5.19. The van der Waals surface area contributed by atoms with E-state index in [0.29, 0.717) is 13.2 Å².